The molecule has 0 unspecified atom stereocenters. The van der Waals surface area contributed by atoms with Gasteiger partial charge in [0.15, 0.2) is 17.8 Å². The summed E-state index contributed by atoms with van der Waals surface area (Å²) in [5, 5.41) is 4.91. The number of aryl methyl sites for hydroxylation is 2. The van der Waals surface area contributed by atoms with E-state index in [4.69, 9.17) is 21.1 Å². The molecule has 2 aromatic rings. The minimum atomic E-state index is 0.217. The smallest absolute Gasteiger partial charge is 0.172 e. The van der Waals surface area contributed by atoms with Crippen LogP contribution in [-0.4, -0.2) is 23.2 Å². The highest BCUT2D eigenvalue weighted by Crippen LogP contribution is 2.31. The van der Waals surface area contributed by atoms with Crippen LogP contribution in [0.2, 0.25) is 5.02 Å². The van der Waals surface area contributed by atoms with Crippen LogP contribution >= 0.6 is 11.6 Å². The van der Waals surface area contributed by atoms with E-state index in [1.54, 1.807) is 22.9 Å². The zero-order chi connectivity index (χ0) is 15.4. The first-order chi connectivity index (χ1) is 10.1. The molecule has 21 heavy (non-hydrogen) atoms. The van der Waals surface area contributed by atoms with Gasteiger partial charge in [-0.1, -0.05) is 17.7 Å². The maximum atomic E-state index is 11.1. The maximum absolute atomic E-state index is 11.1. The molecule has 5 nitrogen and oxygen atoms in total. The van der Waals surface area contributed by atoms with Crippen molar-refractivity contribution in [2.24, 2.45) is 0 Å². The summed E-state index contributed by atoms with van der Waals surface area (Å²) in [7, 11) is 1.53. The summed E-state index contributed by atoms with van der Waals surface area (Å²) in [6, 6.07) is 5.16. The van der Waals surface area contributed by atoms with E-state index < -0.39 is 0 Å². The van der Waals surface area contributed by atoms with E-state index >= 15 is 0 Å². The Kier molecular flexibility index (Phi) is 4.85. The van der Waals surface area contributed by atoms with Gasteiger partial charge in [-0.05, 0) is 26.0 Å². The summed E-state index contributed by atoms with van der Waals surface area (Å²) in [5.74, 6) is 0.919. The molecule has 0 saturated heterocycles. The Hall–Kier alpha value is -2.01. The number of aromatic nitrogens is 2. The number of halogens is 1. The molecule has 1 heterocycles. The molecule has 0 aliphatic carbocycles. The van der Waals surface area contributed by atoms with Crippen molar-refractivity contribution in [3.8, 4) is 11.5 Å². The van der Waals surface area contributed by atoms with Crippen molar-refractivity contribution in [1.82, 2.24) is 9.78 Å². The lowest BCUT2D eigenvalue weighted by Crippen LogP contribution is -2.08. The third-order valence-electron chi connectivity index (χ3n) is 3.16. The monoisotopic (exact) mass is 308 g/mol. The summed E-state index contributed by atoms with van der Waals surface area (Å²) in [6.07, 6.45) is 0.738. The van der Waals surface area contributed by atoms with E-state index in [2.05, 4.69) is 5.10 Å². The first-order valence-corrected chi connectivity index (χ1v) is 6.96. The molecule has 6 heteroatoms. The van der Waals surface area contributed by atoms with Gasteiger partial charge in [-0.25, -0.2) is 0 Å². The topological polar surface area (TPSA) is 53.4 Å². The quantitative estimate of drug-likeness (QED) is 0.769. The average molecular weight is 309 g/mol. The number of methoxy groups -OCH3 is 1. The van der Waals surface area contributed by atoms with Crippen LogP contribution < -0.4 is 9.47 Å². The number of carbonyl (C=O) groups is 1. The number of rotatable bonds is 6. The van der Waals surface area contributed by atoms with E-state index in [1.165, 1.54) is 7.11 Å². The standard InChI is InChI=1S/C15H17ClN2O3/c1-4-18-12(14(16)10(2)17-18)9-21-15-11(8-19)6-5-7-13(15)20-3/h5-8H,4,9H2,1-3H3. The molecule has 0 aliphatic rings. The second kappa shape index (κ2) is 6.63. The third kappa shape index (κ3) is 3.03. The fourth-order valence-electron chi connectivity index (χ4n) is 2.09. The average Bonchev–Trinajstić information content (AvgIpc) is 2.79. The summed E-state index contributed by atoms with van der Waals surface area (Å²) in [5.41, 5.74) is 1.97. The van der Waals surface area contributed by atoms with Gasteiger partial charge in [0.05, 0.1) is 29.1 Å². The van der Waals surface area contributed by atoms with Crippen molar-refractivity contribution in [3.05, 3.63) is 40.2 Å². The highest BCUT2D eigenvalue weighted by Gasteiger charge is 2.16. The van der Waals surface area contributed by atoms with Crippen LogP contribution in [0.25, 0.3) is 0 Å². The Labute approximate surface area is 128 Å². The summed E-state index contributed by atoms with van der Waals surface area (Å²) < 4.78 is 12.8. The molecule has 0 radical (unpaired) electrons. The lowest BCUT2D eigenvalue weighted by Gasteiger charge is -2.13. The van der Waals surface area contributed by atoms with Gasteiger partial charge in [-0.3, -0.25) is 9.48 Å². The number of hydrogen-bond acceptors (Lipinski definition) is 4. The lowest BCUT2D eigenvalue weighted by molar-refractivity contribution is 0.111. The SMILES string of the molecule is CCn1nc(C)c(Cl)c1COc1c(C=O)cccc1OC. The molecule has 1 aromatic carbocycles. The van der Waals surface area contributed by atoms with Crippen molar-refractivity contribution in [2.75, 3.05) is 7.11 Å². The second-order valence-electron chi connectivity index (χ2n) is 4.45. The highest BCUT2D eigenvalue weighted by atomic mass is 35.5. The first kappa shape index (κ1) is 15.4. The number of hydrogen-bond donors (Lipinski definition) is 0. The summed E-state index contributed by atoms with van der Waals surface area (Å²) >= 11 is 6.24. The zero-order valence-electron chi connectivity index (χ0n) is 12.2. The number of para-hydroxylation sites is 1. The van der Waals surface area contributed by atoms with E-state index in [1.807, 2.05) is 13.8 Å². The van der Waals surface area contributed by atoms with Gasteiger partial charge in [-0.2, -0.15) is 5.10 Å². The van der Waals surface area contributed by atoms with Crippen molar-refractivity contribution < 1.29 is 14.3 Å². The Balaban J connectivity index is 2.30. The predicted molar refractivity (Wildman–Crippen MR) is 80.4 cm³/mol. The highest BCUT2D eigenvalue weighted by molar-refractivity contribution is 6.31. The maximum Gasteiger partial charge on any atom is 0.172 e. The van der Waals surface area contributed by atoms with Crippen LogP contribution in [0.4, 0.5) is 0 Å². The first-order valence-electron chi connectivity index (χ1n) is 6.59. The van der Waals surface area contributed by atoms with Gasteiger partial charge in [0.25, 0.3) is 0 Å². The van der Waals surface area contributed by atoms with Gasteiger partial charge >= 0.3 is 0 Å². The van der Waals surface area contributed by atoms with Crippen molar-refractivity contribution in [1.29, 1.82) is 0 Å². The molecule has 0 bridgehead atoms. The molecular weight excluding hydrogens is 292 g/mol. The molecule has 0 amide bonds. The minimum absolute atomic E-state index is 0.217. The fraction of sp³-hybridized carbons (Fsp3) is 0.333. The summed E-state index contributed by atoms with van der Waals surface area (Å²) in [4.78, 5) is 11.1. The zero-order valence-corrected chi connectivity index (χ0v) is 13.0. The van der Waals surface area contributed by atoms with E-state index in [9.17, 15) is 4.79 Å². The van der Waals surface area contributed by atoms with Crippen molar-refractivity contribution >= 4 is 17.9 Å². The molecule has 0 fully saturated rings. The Bertz CT molecular complexity index is 653. The predicted octanol–water partition coefficient (Wildman–Crippen LogP) is 3.26. The lowest BCUT2D eigenvalue weighted by atomic mass is 10.2. The molecule has 0 saturated carbocycles. The number of ether oxygens (including phenoxy) is 2. The van der Waals surface area contributed by atoms with E-state index in [-0.39, 0.29) is 6.61 Å². The van der Waals surface area contributed by atoms with Gasteiger partial charge in [0, 0.05) is 6.54 Å². The molecule has 0 atom stereocenters. The second-order valence-corrected chi connectivity index (χ2v) is 4.82. The Morgan fingerprint density at radius 2 is 2.19 bits per heavy atom. The van der Waals surface area contributed by atoms with Crippen LogP contribution in [0.15, 0.2) is 18.2 Å². The normalized spacial score (nSPS) is 10.5. The largest absolute Gasteiger partial charge is 0.493 e. The number of nitrogens with zero attached hydrogens (tertiary/aromatic N) is 2. The molecular formula is C15H17ClN2O3. The fourth-order valence-corrected chi connectivity index (χ4v) is 2.28. The number of benzene rings is 1. The molecule has 1 aromatic heterocycles. The van der Waals surface area contributed by atoms with Crippen LogP contribution in [0.1, 0.15) is 28.7 Å². The van der Waals surface area contributed by atoms with Crippen molar-refractivity contribution in [3.63, 3.8) is 0 Å². The van der Waals surface area contributed by atoms with E-state index in [0.29, 0.717) is 28.6 Å². The molecule has 0 N–H and O–H groups in total. The van der Waals surface area contributed by atoms with Gasteiger partial charge in [-0.15, -0.1) is 0 Å². The molecule has 0 aliphatic heterocycles. The molecule has 0 spiro atoms. The van der Waals surface area contributed by atoms with Gasteiger partial charge in [0.1, 0.15) is 6.61 Å². The number of aldehydes is 1. The van der Waals surface area contributed by atoms with Crippen LogP contribution in [-0.2, 0) is 13.2 Å². The summed E-state index contributed by atoms with van der Waals surface area (Å²) in [6.45, 7) is 4.73. The van der Waals surface area contributed by atoms with E-state index in [0.717, 1.165) is 17.7 Å². The molecule has 2 rings (SSSR count). The minimum Gasteiger partial charge on any atom is -0.493 e. The van der Waals surface area contributed by atoms with Crippen molar-refractivity contribution in [2.45, 2.75) is 27.0 Å². The molecule has 112 valence electrons. The Morgan fingerprint density at radius 1 is 1.43 bits per heavy atom. The van der Waals surface area contributed by atoms with Gasteiger partial charge in [0.2, 0.25) is 0 Å². The number of carbonyl (C=O) groups excluding carboxylic acids is 1. The Morgan fingerprint density at radius 3 is 2.81 bits per heavy atom. The third-order valence-corrected chi connectivity index (χ3v) is 3.65. The van der Waals surface area contributed by atoms with Crippen LogP contribution in [0.3, 0.4) is 0 Å². The van der Waals surface area contributed by atoms with Crippen LogP contribution in [0, 0.1) is 6.92 Å². The van der Waals surface area contributed by atoms with Crippen LogP contribution in [0.5, 0.6) is 11.5 Å². The van der Waals surface area contributed by atoms with Gasteiger partial charge < -0.3 is 9.47 Å².